The Labute approximate surface area is 101 Å². The number of hydrogen-bond donors (Lipinski definition) is 2. The van der Waals surface area contributed by atoms with Crippen LogP contribution in [-0.4, -0.2) is 17.4 Å². The van der Waals surface area contributed by atoms with E-state index in [1.165, 1.54) is 0 Å². The van der Waals surface area contributed by atoms with Crippen molar-refractivity contribution in [2.75, 3.05) is 0 Å². The zero-order valence-corrected chi connectivity index (χ0v) is 10.4. The van der Waals surface area contributed by atoms with Gasteiger partial charge in [0.15, 0.2) is 0 Å². The van der Waals surface area contributed by atoms with Crippen molar-refractivity contribution in [1.29, 1.82) is 5.26 Å². The molecule has 17 heavy (non-hydrogen) atoms. The molecule has 1 fully saturated rings. The summed E-state index contributed by atoms with van der Waals surface area (Å²) in [6, 6.07) is 2.11. The predicted molar refractivity (Wildman–Crippen MR) is 62.5 cm³/mol. The number of nitrogens with zero attached hydrogens (tertiary/aromatic N) is 1. The molecule has 0 spiro atoms. The van der Waals surface area contributed by atoms with E-state index in [1.807, 2.05) is 0 Å². The highest BCUT2D eigenvalue weighted by Crippen LogP contribution is 2.36. The Kier molecular flexibility index (Phi) is 3.76. The molecule has 2 amide bonds. The molecule has 5 nitrogen and oxygen atoms in total. The van der Waals surface area contributed by atoms with Crippen LogP contribution in [0.5, 0.6) is 0 Å². The maximum absolute atomic E-state index is 12.1. The van der Waals surface area contributed by atoms with E-state index in [-0.39, 0.29) is 5.91 Å². The number of carbonyl (C=O) groups excluding carboxylic acids is 2. The van der Waals surface area contributed by atoms with Gasteiger partial charge >= 0.3 is 0 Å². The Morgan fingerprint density at radius 2 is 1.82 bits per heavy atom. The van der Waals surface area contributed by atoms with E-state index in [0.717, 1.165) is 19.3 Å². The Morgan fingerprint density at radius 1 is 1.29 bits per heavy atom. The monoisotopic (exact) mass is 237 g/mol. The molecule has 0 unspecified atom stereocenters. The minimum atomic E-state index is -1.11. The van der Waals surface area contributed by atoms with E-state index in [1.54, 1.807) is 13.8 Å². The zero-order chi connectivity index (χ0) is 13.1. The van der Waals surface area contributed by atoms with Crippen molar-refractivity contribution in [2.24, 2.45) is 11.1 Å². The molecule has 0 aliphatic heterocycles. The topological polar surface area (TPSA) is 96.0 Å². The van der Waals surface area contributed by atoms with Gasteiger partial charge in [-0.3, -0.25) is 9.59 Å². The first-order valence-corrected chi connectivity index (χ1v) is 5.88. The first kappa shape index (κ1) is 13.5. The number of hydrogen-bond acceptors (Lipinski definition) is 3. The van der Waals surface area contributed by atoms with Crippen molar-refractivity contribution in [3.05, 3.63) is 0 Å². The third-order valence-corrected chi connectivity index (χ3v) is 3.40. The zero-order valence-electron chi connectivity index (χ0n) is 10.4. The van der Waals surface area contributed by atoms with Crippen LogP contribution in [0.2, 0.25) is 0 Å². The van der Waals surface area contributed by atoms with Crippen LogP contribution in [0.3, 0.4) is 0 Å². The van der Waals surface area contributed by atoms with Gasteiger partial charge in [-0.05, 0) is 26.7 Å². The fraction of sp³-hybridized carbons (Fsp3) is 0.750. The molecule has 1 saturated carbocycles. The first-order chi connectivity index (χ1) is 7.84. The summed E-state index contributed by atoms with van der Waals surface area (Å²) in [5, 5.41) is 11.8. The van der Waals surface area contributed by atoms with Gasteiger partial charge in [0.2, 0.25) is 11.8 Å². The maximum Gasteiger partial charge on any atom is 0.242 e. The van der Waals surface area contributed by atoms with Crippen LogP contribution in [0.1, 0.15) is 46.0 Å². The van der Waals surface area contributed by atoms with Crippen molar-refractivity contribution in [3.63, 3.8) is 0 Å². The molecule has 0 aromatic carbocycles. The Hall–Kier alpha value is -1.57. The lowest BCUT2D eigenvalue weighted by Crippen LogP contribution is -2.57. The largest absolute Gasteiger partial charge is 0.368 e. The summed E-state index contributed by atoms with van der Waals surface area (Å²) in [6.07, 6.45) is 3.92. The molecule has 0 bridgehead atoms. The highest BCUT2D eigenvalue weighted by Gasteiger charge is 2.42. The summed E-state index contributed by atoms with van der Waals surface area (Å²) in [7, 11) is 0. The van der Waals surface area contributed by atoms with E-state index in [0.29, 0.717) is 12.8 Å². The molecular weight excluding hydrogens is 218 g/mol. The van der Waals surface area contributed by atoms with E-state index in [2.05, 4.69) is 11.4 Å². The second kappa shape index (κ2) is 4.74. The van der Waals surface area contributed by atoms with Crippen molar-refractivity contribution in [2.45, 2.75) is 51.5 Å². The fourth-order valence-corrected chi connectivity index (χ4v) is 2.01. The SMILES string of the molecule is CC(C)(NC(=O)C1(C#N)CCCCC1)C(N)=O. The van der Waals surface area contributed by atoms with Gasteiger partial charge in [-0.1, -0.05) is 19.3 Å². The van der Waals surface area contributed by atoms with E-state index < -0.39 is 16.9 Å². The molecule has 0 heterocycles. The number of amides is 2. The van der Waals surface area contributed by atoms with Crippen molar-refractivity contribution in [3.8, 4) is 6.07 Å². The van der Waals surface area contributed by atoms with Gasteiger partial charge in [-0.2, -0.15) is 5.26 Å². The van der Waals surface area contributed by atoms with Crippen LogP contribution in [-0.2, 0) is 9.59 Å². The van der Waals surface area contributed by atoms with Crippen LogP contribution in [0, 0.1) is 16.7 Å². The Balaban J connectivity index is 2.81. The number of primary amides is 1. The van der Waals surface area contributed by atoms with Crippen molar-refractivity contribution >= 4 is 11.8 Å². The van der Waals surface area contributed by atoms with Crippen LogP contribution in [0.25, 0.3) is 0 Å². The highest BCUT2D eigenvalue weighted by molar-refractivity contribution is 5.93. The molecule has 1 aliphatic rings. The van der Waals surface area contributed by atoms with E-state index >= 15 is 0 Å². The molecule has 3 N–H and O–H groups in total. The molecule has 0 saturated heterocycles. The lowest BCUT2D eigenvalue weighted by molar-refractivity contribution is -0.135. The van der Waals surface area contributed by atoms with Gasteiger partial charge in [0, 0.05) is 0 Å². The Morgan fingerprint density at radius 3 is 2.24 bits per heavy atom. The minimum Gasteiger partial charge on any atom is -0.368 e. The molecule has 0 radical (unpaired) electrons. The van der Waals surface area contributed by atoms with Gasteiger partial charge in [0.25, 0.3) is 0 Å². The predicted octanol–water partition coefficient (Wildman–Crippen LogP) is 0.841. The second-order valence-electron chi connectivity index (χ2n) is 5.20. The summed E-state index contributed by atoms with van der Waals surface area (Å²) in [4.78, 5) is 23.3. The van der Waals surface area contributed by atoms with Gasteiger partial charge in [-0.15, -0.1) is 0 Å². The summed E-state index contributed by atoms with van der Waals surface area (Å²) in [6.45, 7) is 3.09. The summed E-state index contributed by atoms with van der Waals surface area (Å²) in [5.74, 6) is -0.974. The van der Waals surface area contributed by atoms with Gasteiger partial charge in [0.05, 0.1) is 6.07 Å². The maximum atomic E-state index is 12.1. The third kappa shape index (κ3) is 2.76. The van der Waals surface area contributed by atoms with Gasteiger partial charge < -0.3 is 11.1 Å². The second-order valence-corrected chi connectivity index (χ2v) is 5.20. The number of carbonyl (C=O) groups is 2. The van der Waals surface area contributed by atoms with Gasteiger partial charge in [0.1, 0.15) is 11.0 Å². The smallest absolute Gasteiger partial charge is 0.242 e. The van der Waals surface area contributed by atoms with Crippen LogP contribution in [0.15, 0.2) is 0 Å². The van der Waals surface area contributed by atoms with Crippen LogP contribution >= 0.6 is 0 Å². The molecule has 0 atom stereocenters. The first-order valence-electron chi connectivity index (χ1n) is 5.88. The number of nitrogens with one attached hydrogen (secondary N) is 1. The van der Waals surface area contributed by atoms with Crippen molar-refractivity contribution in [1.82, 2.24) is 5.32 Å². The standard InChI is InChI=1S/C12H19N3O2/c1-11(2,9(14)16)15-10(17)12(8-13)6-4-3-5-7-12/h3-7H2,1-2H3,(H2,14,16)(H,15,17). The van der Waals surface area contributed by atoms with Crippen LogP contribution < -0.4 is 11.1 Å². The average Bonchev–Trinajstić information content (AvgIpc) is 2.29. The molecule has 0 aromatic rings. The Bertz CT molecular complexity index is 362. The fourth-order valence-electron chi connectivity index (χ4n) is 2.01. The van der Waals surface area contributed by atoms with Gasteiger partial charge in [-0.25, -0.2) is 0 Å². The third-order valence-electron chi connectivity index (χ3n) is 3.40. The van der Waals surface area contributed by atoms with Crippen molar-refractivity contribution < 1.29 is 9.59 Å². The average molecular weight is 237 g/mol. The summed E-state index contributed by atoms with van der Waals surface area (Å²) < 4.78 is 0. The van der Waals surface area contributed by atoms with E-state index in [4.69, 9.17) is 5.73 Å². The molecule has 0 aromatic heterocycles. The molecule has 5 heteroatoms. The van der Waals surface area contributed by atoms with Crippen LogP contribution in [0.4, 0.5) is 0 Å². The molecule has 1 rings (SSSR count). The molecular formula is C12H19N3O2. The molecule has 1 aliphatic carbocycles. The minimum absolute atomic E-state index is 0.372. The highest BCUT2D eigenvalue weighted by atomic mass is 16.2. The quantitative estimate of drug-likeness (QED) is 0.761. The lowest BCUT2D eigenvalue weighted by Gasteiger charge is -2.32. The number of nitrogens with two attached hydrogens (primary N) is 1. The lowest BCUT2D eigenvalue weighted by atomic mass is 9.74. The number of rotatable bonds is 3. The summed E-state index contributed by atoms with van der Waals surface area (Å²) in [5.41, 5.74) is 3.10. The van der Waals surface area contributed by atoms with E-state index in [9.17, 15) is 14.9 Å². The summed E-state index contributed by atoms with van der Waals surface area (Å²) >= 11 is 0. The molecule has 94 valence electrons. The number of nitriles is 1. The normalized spacial score (nSPS) is 19.1.